The number of allylic oxidation sites excluding steroid dienone is 1. The topological polar surface area (TPSA) is 23.1 Å². The van der Waals surface area contributed by atoms with Gasteiger partial charge >= 0.3 is 0 Å². The second-order valence-electron chi connectivity index (χ2n) is 2.28. The van der Waals surface area contributed by atoms with E-state index >= 15 is 0 Å². The van der Waals surface area contributed by atoms with E-state index < -0.39 is 0 Å². The number of benzene rings is 1. The minimum absolute atomic E-state index is 0.0509. The molecule has 0 atom stereocenters. The molecule has 1 aromatic carbocycles. The van der Waals surface area contributed by atoms with Crippen LogP contribution in [0.4, 0.5) is 0 Å². The molecule has 0 aliphatic carbocycles. The lowest BCUT2D eigenvalue weighted by Gasteiger charge is -2.11. The van der Waals surface area contributed by atoms with Gasteiger partial charge in [-0.1, -0.05) is 36.4 Å². The highest BCUT2D eigenvalue weighted by molar-refractivity contribution is 5.66. The maximum atomic E-state index is 11.0. The zero-order valence-electron chi connectivity index (χ0n) is 5.92. The molecule has 0 spiro atoms. The van der Waals surface area contributed by atoms with Gasteiger partial charge in [0.2, 0.25) is 0 Å². The predicted molar refractivity (Wildman–Crippen MR) is 40.6 cm³/mol. The molecule has 0 heterocycles. The molecule has 0 bridgehead atoms. The van der Waals surface area contributed by atoms with E-state index in [9.17, 15) is 5.11 Å². The van der Waals surface area contributed by atoms with Crippen LogP contribution in [0.15, 0.2) is 30.8 Å². The fourth-order valence-corrected chi connectivity index (χ4v) is 0.819. The summed E-state index contributed by atoms with van der Waals surface area (Å²) in [5, 5.41) is 11.0. The summed E-state index contributed by atoms with van der Waals surface area (Å²) < 4.78 is 0. The molecule has 0 N–H and O–H groups in total. The fourth-order valence-electron chi connectivity index (χ4n) is 0.819. The van der Waals surface area contributed by atoms with Crippen LogP contribution in [0.5, 0.6) is 5.75 Å². The van der Waals surface area contributed by atoms with Gasteiger partial charge in [0, 0.05) is 0 Å². The van der Waals surface area contributed by atoms with E-state index in [0.717, 1.165) is 5.57 Å². The summed E-state index contributed by atoms with van der Waals surface area (Å²) in [4.78, 5) is 0. The molecule has 0 amide bonds. The van der Waals surface area contributed by atoms with Crippen molar-refractivity contribution < 1.29 is 5.11 Å². The van der Waals surface area contributed by atoms with Gasteiger partial charge in [-0.15, -0.1) is 5.75 Å². The molecule has 0 aromatic heterocycles. The van der Waals surface area contributed by atoms with E-state index in [0.29, 0.717) is 5.56 Å². The van der Waals surface area contributed by atoms with Crippen molar-refractivity contribution in [1.29, 1.82) is 0 Å². The molecule has 1 heteroatoms. The number of hydrogen-bond donors (Lipinski definition) is 0. The fraction of sp³-hybridized carbons (Fsp3) is 0.111. The monoisotopic (exact) mass is 133 g/mol. The first-order valence-electron chi connectivity index (χ1n) is 3.14. The molecule has 0 aliphatic heterocycles. The Kier molecular flexibility index (Phi) is 1.76. The highest BCUT2D eigenvalue weighted by atomic mass is 16.3. The molecule has 0 radical (unpaired) electrons. The van der Waals surface area contributed by atoms with E-state index in [1.165, 1.54) is 0 Å². The molecular weight excluding hydrogens is 124 g/mol. The summed E-state index contributed by atoms with van der Waals surface area (Å²) in [6, 6.07) is 6.90. The van der Waals surface area contributed by atoms with Crippen LogP contribution in [0, 0.1) is 0 Å². The highest BCUT2D eigenvalue weighted by Gasteiger charge is 1.90. The lowest BCUT2D eigenvalue weighted by atomic mass is 10.1. The van der Waals surface area contributed by atoms with E-state index in [4.69, 9.17) is 0 Å². The molecular formula is C9H9O-. The van der Waals surface area contributed by atoms with Crippen LogP contribution in [0.25, 0.3) is 5.57 Å². The minimum Gasteiger partial charge on any atom is -0.872 e. The molecule has 1 aromatic rings. The van der Waals surface area contributed by atoms with Crippen molar-refractivity contribution >= 4 is 5.57 Å². The summed E-state index contributed by atoms with van der Waals surface area (Å²) >= 11 is 0. The summed E-state index contributed by atoms with van der Waals surface area (Å²) in [5.41, 5.74) is 1.54. The number of hydrogen-bond acceptors (Lipinski definition) is 1. The van der Waals surface area contributed by atoms with Crippen LogP contribution in [-0.2, 0) is 0 Å². The first-order valence-corrected chi connectivity index (χ1v) is 3.14. The molecule has 10 heavy (non-hydrogen) atoms. The lowest BCUT2D eigenvalue weighted by molar-refractivity contribution is -0.268. The summed E-state index contributed by atoms with van der Waals surface area (Å²) in [7, 11) is 0. The van der Waals surface area contributed by atoms with Gasteiger partial charge in [-0.05, 0) is 12.5 Å². The van der Waals surface area contributed by atoms with Crippen molar-refractivity contribution in [3.05, 3.63) is 36.4 Å². The van der Waals surface area contributed by atoms with Crippen molar-refractivity contribution in [2.45, 2.75) is 6.92 Å². The minimum atomic E-state index is 0.0509. The third-order valence-corrected chi connectivity index (χ3v) is 1.35. The van der Waals surface area contributed by atoms with E-state index in [2.05, 4.69) is 6.58 Å². The second-order valence-corrected chi connectivity index (χ2v) is 2.28. The van der Waals surface area contributed by atoms with Gasteiger partial charge in [-0.2, -0.15) is 0 Å². The molecule has 1 nitrogen and oxygen atoms in total. The first-order chi connectivity index (χ1) is 4.72. The predicted octanol–water partition coefficient (Wildman–Crippen LogP) is 1.79. The van der Waals surface area contributed by atoms with Crippen molar-refractivity contribution in [3.8, 4) is 5.75 Å². The Morgan fingerprint density at radius 1 is 1.40 bits per heavy atom. The first kappa shape index (κ1) is 6.87. The maximum absolute atomic E-state index is 11.0. The average Bonchev–Trinajstić information content (AvgIpc) is 1.88. The van der Waals surface area contributed by atoms with E-state index in [-0.39, 0.29) is 5.75 Å². The zero-order chi connectivity index (χ0) is 7.56. The van der Waals surface area contributed by atoms with Gasteiger partial charge in [0.25, 0.3) is 0 Å². The lowest BCUT2D eigenvalue weighted by Crippen LogP contribution is -1.93. The number of para-hydroxylation sites is 1. The molecule has 52 valence electrons. The van der Waals surface area contributed by atoms with Gasteiger partial charge in [-0.25, -0.2) is 0 Å². The smallest absolute Gasteiger partial charge is 0.0312 e. The molecule has 0 unspecified atom stereocenters. The maximum Gasteiger partial charge on any atom is -0.0312 e. The number of rotatable bonds is 1. The summed E-state index contributed by atoms with van der Waals surface area (Å²) in [6.45, 7) is 5.52. The van der Waals surface area contributed by atoms with Gasteiger partial charge in [0.05, 0.1) is 0 Å². The van der Waals surface area contributed by atoms with Gasteiger partial charge in [0.15, 0.2) is 0 Å². The van der Waals surface area contributed by atoms with Crippen LogP contribution in [0.3, 0.4) is 0 Å². The normalized spacial score (nSPS) is 9.30. The largest absolute Gasteiger partial charge is 0.872 e. The van der Waals surface area contributed by atoms with Gasteiger partial charge in [0.1, 0.15) is 0 Å². The van der Waals surface area contributed by atoms with Crippen LogP contribution in [-0.4, -0.2) is 0 Å². The Balaban J connectivity index is 3.15. The third-order valence-electron chi connectivity index (χ3n) is 1.35. The Labute approximate surface area is 60.6 Å². The quantitative estimate of drug-likeness (QED) is 0.572. The Bertz CT molecular complexity index is 251. The molecule has 0 aliphatic rings. The van der Waals surface area contributed by atoms with Crippen molar-refractivity contribution in [2.75, 3.05) is 0 Å². The summed E-state index contributed by atoms with van der Waals surface area (Å²) in [5.74, 6) is 0.0509. The zero-order valence-corrected chi connectivity index (χ0v) is 5.92. The van der Waals surface area contributed by atoms with Gasteiger partial charge in [-0.3, -0.25) is 0 Å². The molecule has 1 rings (SSSR count). The van der Waals surface area contributed by atoms with Crippen molar-refractivity contribution in [2.24, 2.45) is 0 Å². The van der Waals surface area contributed by atoms with E-state index in [1.54, 1.807) is 18.2 Å². The Morgan fingerprint density at radius 2 is 2.00 bits per heavy atom. The average molecular weight is 133 g/mol. The SMILES string of the molecule is C=C(C)c1ccccc1[O-]. The standard InChI is InChI=1S/C9H10O/c1-7(2)8-5-3-4-6-9(8)10/h3-6,10H,1H2,2H3/p-1. The van der Waals surface area contributed by atoms with Crippen molar-refractivity contribution in [1.82, 2.24) is 0 Å². The van der Waals surface area contributed by atoms with Crippen LogP contribution < -0.4 is 5.11 Å². The highest BCUT2D eigenvalue weighted by Crippen LogP contribution is 2.19. The Hall–Kier alpha value is -1.24. The van der Waals surface area contributed by atoms with Crippen LogP contribution >= 0.6 is 0 Å². The second kappa shape index (κ2) is 2.56. The van der Waals surface area contributed by atoms with Crippen molar-refractivity contribution in [3.63, 3.8) is 0 Å². The third kappa shape index (κ3) is 1.18. The molecule has 0 saturated heterocycles. The van der Waals surface area contributed by atoms with Crippen LogP contribution in [0.1, 0.15) is 12.5 Å². The van der Waals surface area contributed by atoms with Crippen LogP contribution in [0.2, 0.25) is 0 Å². The van der Waals surface area contributed by atoms with E-state index in [1.807, 2.05) is 13.0 Å². The molecule has 0 fully saturated rings. The Morgan fingerprint density at radius 3 is 2.40 bits per heavy atom. The molecule has 0 saturated carbocycles. The van der Waals surface area contributed by atoms with Gasteiger partial charge < -0.3 is 5.11 Å². The summed E-state index contributed by atoms with van der Waals surface area (Å²) in [6.07, 6.45) is 0.